The molecule has 0 saturated heterocycles. The number of rotatable bonds is 1. The van der Waals surface area contributed by atoms with Gasteiger partial charge in [0.05, 0.1) is 6.54 Å². The molecular weight excluding hydrogens is 204 g/mol. The second kappa shape index (κ2) is 3.51. The van der Waals surface area contributed by atoms with Crippen LogP contribution < -0.4 is 4.90 Å². The molecule has 3 heteroatoms. The highest BCUT2D eigenvalue weighted by molar-refractivity contribution is 7.13. The molecule has 0 bridgehead atoms. The monoisotopic (exact) mass is 214 g/mol. The molecule has 0 saturated carbocycles. The minimum Gasteiger partial charge on any atom is -0.320 e. The number of fused-ring (bicyclic) bond motifs is 1. The van der Waals surface area contributed by atoms with Crippen molar-refractivity contribution < 1.29 is 0 Å². The van der Waals surface area contributed by atoms with Gasteiger partial charge in [-0.3, -0.25) is 0 Å². The fourth-order valence-corrected chi connectivity index (χ4v) is 2.36. The van der Waals surface area contributed by atoms with Crippen LogP contribution in [-0.4, -0.2) is 4.98 Å². The van der Waals surface area contributed by atoms with Gasteiger partial charge in [0, 0.05) is 17.8 Å². The lowest BCUT2D eigenvalue weighted by molar-refractivity contribution is 0.945. The first-order chi connectivity index (χ1) is 7.43. The first-order valence-electron chi connectivity index (χ1n) is 4.86. The van der Waals surface area contributed by atoms with E-state index in [0.29, 0.717) is 0 Å². The molecule has 3 rings (SSSR count). The predicted octanol–water partition coefficient (Wildman–Crippen LogP) is 3.13. The third-order valence-corrected chi connectivity index (χ3v) is 3.30. The Labute approximate surface area is 92.5 Å². The molecule has 2 nitrogen and oxygen atoms in total. The van der Waals surface area contributed by atoms with E-state index in [2.05, 4.69) is 46.4 Å². The van der Waals surface area contributed by atoms with E-state index in [9.17, 15) is 0 Å². The van der Waals surface area contributed by atoms with Gasteiger partial charge in [-0.25, -0.2) is 4.98 Å². The Bertz CT molecular complexity index is 488. The molecule has 1 aromatic heterocycles. The molecule has 0 N–H and O–H groups in total. The molecule has 0 unspecified atom stereocenters. The van der Waals surface area contributed by atoms with Crippen LogP contribution in [0.1, 0.15) is 11.1 Å². The quantitative estimate of drug-likeness (QED) is 0.725. The van der Waals surface area contributed by atoms with Gasteiger partial charge in [0.1, 0.15) is 0 Å². The van der Waals surface area contributed by atoms with E-state index in [0.717, 1.165) is 11.7 Å². The first-order valence-corrected chi connectivity index (χ1v) is 5.74. The van der Waals surface area contributed by atoms with E-state index in [1.807, 2.05) is 11.6 Å². The second-order valence-electron chi connectivity index (χ2n) is 3.46. The van der Waals surface area contributed by atoms with Crippen LogP contribution in [-0.2, 0) is 6.54 Å². The summed E-state index contributed by atoms with van der Waals surface area (Å²) in [4.78, 5) is 6.48. The summed E-state index contributed by atoms with van der Waals surface area (Å²) >= 11 is 1.67. The predicted molar refractivity (Wildman–Crippen MR) is 63.8 cm³/mol. The lowest BCUT2D eigenvalue weighted by Gasteiger charge is -2.22. The first kappa shape index (κ1) is 8.68. The summed E-state index contributed by atoms with van der Waals surface area (Å²) in [6, 6.07) is 8.46. The van der Waals surface area contributed by atoms with Crippen molar-refractivity contribution >= 4 is 22.5 Å². The fraction of sp³-hybridized carbons (Fsp3) is 0.0833. The molecular formula is C12H10N2S. The van der Waals surface area contributed by atoms with Gasteiger partial charge in [0.25, 0.3) is 0 Å². The molecule has 0 amide bonds. The number of aromatic nitrogens is 1. The molecule has 0 spiro atoms. The van der Waals surface area contributed by atoms with E-state index in [1.165, 1.54) is 11.1 Å². The van der Waals surface area contributed by atoms with Crippen LogP contribution in [0.25, 0.3) is 6.08 Å². The van der Waals surface area contributed by atoms with Gasteiger partial charge in [0.15, 0.2) is 5.13 Å². The highest BCUT2D eigenvalue weighted by Gasteiger charge is 2.12. The standard InChI is InChI=1S/C12H10N2S/c1-2-4-11-9-14(7-5-10(11)3-1)12-13-6-8-15-12/h1-8H,9H2. The SMILES string of the molecule is C1=CN(c2nccs2)Cc2ccccc21. The summed E-state index contributed by atoms with van der Waals surface area (Å²) in [5.74, 6) is 0. The normalized spacial score (nSPS) is 14.0. The van der Waals surface area contributed by atoms with E-state index in [1.54, 1.807) is 11.3 Å². The number of thiazole rings is 1. The van der Waals surface area contributed by atoms with Gasteiger partial charge in [-0.2, -0.15) is 0 Å². The molecule has 0 radical (unpaired) electrons. The Morgan fingerprint density at radius 1 is 1.27 bits per heavy atom. The highest BCUT2D eigenvalue weighted by atomic mass is 32.1. The van der Waals surface area contributed by atoms with Crippen molar-refractivity contribution in [3.05, 3.63) is 53.2 Å². The molecule has 74 valence electrons. The molecule has 0 fully saturated rings. The molecule has 1 aliphatic heterocycles. The van der Waals surface area contributed by atoms with Gasteiger partial charge in [-0.15, -0.1) is 11.3 Å². The third-order valence-electron chi connectivity index (χ3n) is 2.49. The van der Waals surface area contributed by atoms with Crippen LogP contribution in [0, 0.1) is 0 Å². The number of hydrogen-bond donors (Lipinski definition) is 0. The van der Waals surface area contributed by atoms with Crippen molar-refractivity contribution in [3.8, 4) is 0 Å². The summed E-state index contributed by atoms with van der Waals surface area (Å²) in [7, 11) is 0. The van der Waals surface area contributed by atoms with E-state index >= 15 is 0 Å². The largest absolute Gasteiger partial charge is 0.320 e. The highest BCUT2D eigenvalue weighted by Crippen LogP contribution is 2.25. The molecule has 1 aromatic carbocycles. The Kier molecular flexibility index (Phi) is 2.03. The van der Waals surface area contributed by atoms with Gasteiger partial charge >= 0.3 is 0 Å². The molecule has 2 aromatic rings. The van der Waals surface area contributed by atoms with Gasteiger partial charge in [0.2, 0.25) is 0 Å². The zero-order valence-corrected chi connectivity index (χ0v) is 8.95. The van der Waals surface area contributed by atoms with E-state index < -0.39 is 0 Å². The second-order valence-corrected chi connectivity index (χ2v) is 4.33. The zero-order chi connectivity index (χ0) is 10.1. The number of nitrogens with zero attached hydrogens (tertiary/aromatic N) is 2. The minimum atomic E-state index is 0.917. The molecule has 0 atom stereocenters. The topological polar surface area (TPSA) is 16.1 Å². The fourth-order valence-electron chi connectivity index (χ4n) is 1.74. The van der Waals surface area contributed by atoms with E-state index in [4.69, 9.17) is 0 Å². The summed E-state index contributed by atoms with van der Waals surface area (Å²) in [6.45, 7) is 0.917. The van der Waals surface area contributed by atoms with Gasteiger partial charge < -0.3 is 4.90 Å². The molecule has 2 heterocycles. The number of anilines is 1. The van der Waals surface area contributed by atoms with E-state index in [-0.39, 0.29) is 0 Å². The Balaban J connectivity index is 1.96. The molecule has 15 heavy (non-hydrogen) atoms. The van der Waals surface area contributed by atoms with Gasteiger partial charge in [-0.1, -0.05) is 24.3 Å². The maximum absolute atomic E-state index is 4.31. The minimum absolute atomic E-state index is 0.917. The van der Waals surface area contributed by atoms with Gasteiger partial charge in [-0.05, 0) is 17.2 Å². The van der Waals surface area contributed by atoms with Crippen LogP contribution in [0.5, 0.6) is 0 Å². The summed E-state index contributed by atoms with van der Waals surface area (Å²) in [5.41, 5.74) is 2.67. The van der Waals surface area contributed by atoms with Crippen LogP contribution >= 0.6 is 11.3 Å². The molecule has 0 aliphatic carbocycles. The van der Waals surface area contributed by atoms with Crippen molar-refractivity contribution in [3.63, 3.8) is 0 Å². The summed E-state index contributed by atoms with van der Waals surface area (Å²) < 4.78 is 0. The lowest BCUT2D eigenvalue weighted by atomic mass is 10.1. The van der Waals surface area contributed by atoms with Crippen LogP contribution in [0.3, 0.4) is 0 Å². The van der Waals surface area contributed by atoms with Crippen molar-refractivity contribution in [2.24, 2.45) is 0 Å². The average Bonchev–Trinajstić information content (AvgIpc) is 2.82. The van der Waals surface area contributed by atoms with Crippen molar-refractivity contribution in [1.82, 2.24) is 4.98 Å². The van der Waals surface area contributed by atoms with Crippen LogP contribution in [0.15, 0.2) is 42.0 Å². The Hall–Kier alpha value is -1.61. The third kappa shape index (κ3) is 1.55. The smallest absolute Gasteiger partial charge is 0.189 e. The Morgan fingerprint density at radius 2 is 2.20 bits per heavy atom. The van der Waals surface area contributed by atoms with Crippen molar-refractivity contribution in [2.45, 2.75) is 6.54 Å². The van der Waals surface area contributed by atoms with Crippen LogP contribution in [0.4, 0.5) is 5.13 Å². The summed E-state index contributed by atoms with van der Waals surface area (Å²) in [6.07, 6.45) is 6.08. The lowest BCUT2D eigenvalue weighted by Crippen LogP contribution is -2.18. The maximum atomic E-state index is 4.31. The average molecular weight is 214 g/mol. The molecule has 1 aliphatic rings. The van der Waals surface area contributed by atoms with Crippen molar-refractivity contribution in [1.29, 1.82) is 0 Å². The maximum Gasteiger partial charge on any atom is 0.189 e. The number of hydrogen-bond acceptors (Lipinski definition) is 3. The van der Waals surface area contributed by atoms with Crippen LogP contribution in [0.2, 0.25) is 0 Å². The zero-order valence-electron chi connectivity index (χ0n) is 8.13. The number of benzene rings is 1. The Morgan fingerprint density at radius 3 is 3.07 bits per heavy atom. The summed E-state index contributed by atoms with van der Waals surface area (Å²) in [5, 5.41) is 3.06. The van der Waals surface area contributed by atoms with Crippen molar-refractivity contribution in [2.75, 3.05) is 4.90 Å².